The number of aliphatic hydroxyl groups excluding tert-OH is 1. The molecule has 1 aliphatic heterocycles. The van der Waals surface area contributed by atoms with E-state index in [0.717, 1.165) is 13.1 Å². The Morgan fingerprint density at radius 3 is 2.44 bits per heavy atom. The maximum Gasteiger partial charge on any atom is 0.0911 e. The van der Waals surface area contributed by atoms with Gasteiger partial charge >= 0.3 is 0 Å². The predicted octanol–water partition coefficient (Wildman–Crippen LogP) is 1.69. The second-order valence-electron chi connectivity index (χ2n) is 5.66. The quantitative estimate of drug-likeness (QED) is 0.759. The van der Waals surface area contributed by atoms with Crippen molar-refractivity contribution in [3.63, 3.8) is 0 Å². The number of ether oxygens (including phenoxy) is 1. The van der Waals surface area contributed by atoms with Crippen molar-refractivity contribution in [3.05, 3.63) is 0 Å². The topological polar surface area (TPSA) is 44.7 Å². The van der Waals surface area contributed by atoms with Gasteiger partial charge in [-0.05, 0) is 25.7 Å². The fourth-order valence-electron chi connectivity index (χ4n) is 2.82. The number of aliphatic hydroxyl groups is 1. The van der Waals surface area contributed by atoms with E-state index in [1.165, 1.54) is 51.4 Å². The van der Waals surface area contributed by atoms with Gasteiger partial charge in [0.05, 0.1) is 18.8 Å². The minimum Gasteiger partial charge on any atom is -0.389 e. The molecule has 4 heteroatoms. The Balaban J connectivity index is 1.52. The zero-order chi connectivity index (χ0) is 12.6. The van der Waals surface area contributed by atoms with Crippen molar-refractivity contribution in [2.75, 3.05) is 26.2 Å². The molecule has 0 amide bonds. The van der Waals surface area contributed by atoms with Gasteiger partial charge in [-0.25, -0.2) is 5.01 Å². The van der Waals surface area contributed by atoms with Crippen molar-refractivity contribution < 1.29 is 9.84 Å². The molecule has 106 valence electrons. The van der Waals surface area contributed by atoms with E-state index in [1.807, 2.05) is 0 Å². The molecule has 2 N–H and O–H groups in total. The van der Waals surface area contributed by atoms with Gasteiger partial charge in [-0.3, -0.25) is 5.43 Å². The van der Waals surface area contributed by atoms with Crippen LogP contribution in [-0.4, -0.2) is 48.6 Å². The van der Waals surface area contributed by atoms with E-state index >= 15 is 0 Å². The monoisotopic (exact) mass is 256 g/mol. The van der Waals surface area contributed by atoms with E-state index in [0.29, 0.717) is 19.3 Å². The maximum atomic E-state index is 9.90. The van der Waals surface area contributed by atoms with Gasteiger partial charge in [-0.15, -0.1) is 0 Å². The smallest absolute Gasteiger partial charge is 0.0911 e. The average molecular weight is 256 g/mol. The van der Waals surface area contributed by atoms with E-state index in [-0.39, 0.29) is 6.10 Å². The number of rotatable bonds is 6. The molecule has 1 heterocycles. The van der Waals surface area contributed by atoms with Crippen LogP contribution in [0, 0.1) is 0 Å². The predicted molar refractivity (Wildman–Crippen MR) is 72.3 cm³/mol. The lowest BCUT2D eigenvalue weighted by Crippen LogP contribution is -2.46. The van der Waals surface area contributed by atoms with Crippen molar-refractivity contribution in [2.45, 2.75) is 63.6 Å². The van der Waals surface area contributed by atoms with Crippen LogP contribution in [0.2, 0.25) is 0 Å². The average Bonchev–Trinajstić information content (AvgIpc) is 2.45. The molecule has 1 atom stereocenters. The highest BCUT2D eigenvalue weighted by molar-refractivity contribution is 4.67. The highest BCUT2D eigenvalue weighted by Crippen LogP contribution is 2.20. The molecule has 0 radical (unpaired) electrons. The van der Waals surface area contributed by atoms with Crippen LogP contribution < -0.4 is 5.43 Å². The Bertz CT molecular complexity index is 192. The summed E-state index contributed by atoms with van der Waals surface area (Å²) < 4.78 is 5.78. The number of nitrogens with one attached hydrogen (secondary N) is 1. The summed E-state index contributed by atoms with van der Waals surface area (Å²) in [4.78, 5) is 0. The molecule has 0 aromatic heterocycles. The van der Waals surface area contributed by atoms with Gasteiger partial charge in [-0.2, -0.15) is 0 Å². The first-order chi connectivity index (χ1) is 8.84. The molecule has 0 aromatic carbocycles. The fourth-order valence-corrected chi connectivity index (χ4v) is 2.82. The molecule has 18 heavy (non-hydrogen) atoms. The molecule has 1 unspecified atom stereocenters. The highest BCUT2D eigenvalue weighted by atomic mass is 16.5. The van der Waals surface area contributed by atoms with Crippen LogP contribution in [0.3, 0.4) is 0 Å². The summed E-state index contributed by atoms with van der Waals surface area (Å²) in [6.45, 7) is 3.31. The van der Waals surface area contributed by atoms with Gasteiger partial charge in [-0.1, -0.05) is 25.7 Å². The summed E-state index contributed by atoms with van der Waals surface area (Å²) in [5.74, 6) is 0. The molecular formula is C14H28N2O2. The van der Waals surface area contributed by atoms with Gasteiger partial charge < -0.3 is 9.84 Å². The third kappa shape index (κ3) is 5.22. The van der Waals surface area contributed by atoms with E-state index in [1.54, 1.807) is 0 Å². The lowest BCUT2D eigenvalue weighted by molar-refractivity contribution is -0.0294. The number of hydrazine groups is 1. The van der Waals surface area contributed by atoms with E-state index < -0.39 is 0 Å². The SMILES string of the molecule is OC(CNN1CCCCC1)COC1CCCCC1. The lowest BCUT2D eigenvalue weighted by atomic mass is 9.98. The maximum absolute atomic E-state index is 9.90. The van der Waals surface area contributed by atoms with Gasteiger partial charge in [0, 0.05) is 19.6 Å². The van der Waals surface area contributed by atoms with E-state index in [9.17, 15) is 5.11 Å². The van der Waals surface area contributed by atoms with Crippen LogP contribution in [0.25, 0.3) is 0 Å². The number of hydrogen-bond acceptors (Lipinski definition) is 4. The third-order valence-corrected chi connectivity index (χ3v) is 3.98. The minimum absolute atomic E-state index is 0.381. The van der Waals surface area contributed by atoms with Crippen molar-refractivity contribution in [3.8, 4) is 0 Å². The zero-order valence-corrected chi connectivity index (χ0v) is 11.4. The molecule has 2 fully saturated rings. The molecule has 1 saturated heterocycles. The van der Waals surface area contributed by atoms with Gasteiger partial charge in [0.25, 0.3) is 0 Å². The molecule has 0 spiro atoms. The van der Waals surface area contributed by atoms with Crippen molar-refractivity contribution in [2.24, 2.45) is 0 Å². The van der Waals surface area contributed by atoms with Gasteiger partial charge in [0.1, 0.15) is 0 Å². The van der Waals surface area contributed by atoms with E-state index in [2.05, 4.69) is 10.4 Å². The first kappa shape index (κ1) is 14.3. The van der Waals surface area contributed by atoms with Crippen LogP contribution in [-0.2, 0) is 4.74 Å². The summed E-state index contributed by atoms with van der Waals surface area (Å²) in [5.41, 5.74) is 3.31. The zero-order valence-electron chi connectivity index (χ0n) is 11.4. The number of nitrogens with zero attached hydrogens (tertiary/aromatic N) is 1. The van der Waals surface area contributed by atoms with Crippen molar-refractivity contribution in [1.29, 1.82) is 0 Å². The lowest BCUT2D eigenvalue weighted by Gasteiger charge is -2.29. The Labute approximate surface area is 111 Å². The van der Waals surface area contributed by atoms with Crippen LogP contribution >= 0.6 is 0 Å². The minimum atomic E-state index is -0.381. The molecule has 1 aliphatic carbocycles. The summed E-state index contributed by atoms with van der Waals surface area (Å²) >= 11 is 0. The second-order valence-corrected chi connectivity index (χ2v) is 5.66. The summed E-state index contributed by atoms with van der Waals surface area (Å²) in [6.07, 6.45) is 10.1. The van der Waals surface area contributed by atoms with Crippen LogP contribution in [0.15, 0.2) is 0 Å². The van der Waals surface area contributed by atoms with Crippen molar-refractivity contribution >= 4 is 0 Å². The molecule has 2 aliphatic rings. The Hall–Kier alpha value is -0.160. The first-order valence-corrected chi connectivity index (χ1v) is 7.63. The second kappa shape index (κ2) is 8.10. The van der Waals surface area contributed by atoms with Crippen LogP contribution in [0.5, 0.6) is 0 Å². The summed E-state index contributed by atoms with van der Waals surface area (Å²) in [5, 5.41) is 12.1. The molecule has 0 aromatic rings. The van der Waals surface area contributed by atoms with Gasteiger partial charge in [0.15, 0.2) is 0 Å². The Kier molecular flexibility index (Phi) is 6.41. The standard InChI is InChI=1S/C14H28N2O2/c17-13(11-15-16-9-5-2-6-10-16)12-18-14-7-3-1-4-8-14/h13-15,17H,1-12H2. The highest BCUT2D eigenvalue weighted by Gasteiger charge is 2.16. The normalized spacial score (nSPS) is 25.2. The van der Waals surface area contributed by atoms with E-state index in [4.69, 9.17) is 4.74 Å². The largest absolute Gasteiger partial charge is 0.389 e. The fraction of sp³-hybridized carbons (Fsp3) is 1.00. The van der Waals surface area contributed by atoms with Crippen LogP contribution in [0.4, 0.5) is 0 Å². The van der Waals surface area contributed by atoms with Crippen molar-refractivity contribution in [1.82, 2.24) is 10.4 Å². The van der Waals surface area contributed by atoms with Crippen LogP contribution in [0.1, 0.15) is 51.4 Å². The summed E-state index contributed by atoms with van der Waals surface area (Å²) in [6, 6.07) is 0. The number of piperidine rings is 1. The molecular weight excluding hydrogens is 228 g/mol. The first-order valence-electron chi connectivity index (χ1n) is 7.63. The molecule has 1 saturated carbocycles. The molecule has 0 bridgehead atoms. The van der Waals surface area contributed by atoms with Gasteiger partial charge in [0.2, 0.25) is 0 Å². The summed E-state index contributed by atoms with van der Waals surface area (Å²) in [7, 11) is 0. The third-order valence-electron chi connectivity index (χ3n) is 3.98. The Morgan fingerprint density at radius 1 is 1.06 bits per heavy atom. The molecule has 4 nitrogen and oxygen atoms in total. The Morgan fingerprint density at radius 2 is 1.72 bits per heavy atom. The molecule has 2 rings (SSSR count). The number of hydrogen-bond donors (Lipinski definition) is 2.